The molecule has 3 rings (SSSR count). The number of benzene rings is 2. The molecular formula is C16H15Cl3N2O3S. The molecule has 2 aromatic rings. The lowest BCUT2D eigenvalue weighted by Crippen LogP contribution is -2.36. The summed E-state index contributed by atoms with van der Waals surface area (Å²) in [4.78, 5) is 1.95. The number of anilines is 2. The Bertz CT molecular complexity index is 884. The van der Waals surface area contributed by atoms with Crippen LogP contribution in [0.5, 0.6) is 0 Å². The summed E-state index contributed by atoms with van der Waals surface area (Å²) in [5.41, 5.74) is 1.11. The van der Waals surface area contributed by atoms with Crippen molar-refractivity contribution >= 4 is 56.2 Å². The van der Waals surface area contributed by atoms with Gasteiger partial charge in [-0.05, 0) is 30.3 Å². The van der Waals surface area contributed by atoms with Gasteiger partial charge in [-0.25, -0.2) is 8.42 Å². The van der Waals surface area contributed by atoms with Crippen LogP contribution >= 0.6 is 34.8 Å². The molecule has 0 amide bonds. The number of rotatable bonds is 4. The van der Waals surface area contributed by atoms with Crippen molar-refractivity contribution in [3.05, 3.63) is 51.5 Å². The Morgan fingerprint density at radius 1 is 1.04 bits per heavy atom. The molecule has 0 spiro atoms. The van der Waals surface area contributed by atoms with Crippen LogP contribution < -0.4 is 9.62 Å². The first-order valence-electron chi connectivity index (χ1n) is 7.47. The van der Waals surface area contributed by atoms with E-state index in [1.54, 1.807) is 18.2 Å². The maximum atomic E-state index is 12.8. The standard InChI is InChI=1S/C16H15Cl3N2O3S/c17-11-4-5-14(21-6-8-24-9-7-21)13(10-11)20-25(22,23)15-3-1-2-12(18)16(15)19/h1-5,10,20H,6-9H2. The average Bonchev–Trinajstić information content (AvgIpc) is 2.58. The van der Waals surface area contributed by atoms with Crippen LogP contribution in [0.1, 0.15) is 0 Å². The molecular weight excluding hydrogens is 407 g/mol. The molecule has 1 N–H and O–H groups in total. The van der Waals surface area contributed by atoms with E-state index in [4.69, 9.17) is 39.5 Å². The highest BCUT2D eigenvalue weighted by Gasteiger charge is 2.23. The fourth-order valence-electron chi connectivity index (χ4n) is 2.56. The molecule has 0 aliphatic carbocycles. The summed E-state index contributed by atoms with van der Waals surface area (Å²) < 4.78 is 33.5. The van der Waals surface area contributed by atoms with E-state index < -0.39 is 10.0 Å². The van der Waals surface area contributed by atoms with E-state index in [1.165, 1.54) is 18.2 Å². The summed E-state index contributed by atoms with van der Waals surface area (Å²) in [6, 6.07) is 9.53. The van der Waals surface area contributed by atoms with Gasteiger partial charge in [0, 0.05) is 18.1 Å². The van der Waals surface area contributed by atoms with Gasteiger partial charge in [0.05, 0.1) is 34.6 Å². The van der Waals surface area contributed by atoms with Gasteiger partial charge in [-0.15, -0.1) is 0 Å². The van der Waals surface area contributed by atoms with E-state index in [2.05, 4.69) is 4.72 Å². The predicted molar refractivity (Wildman–Crippen MR) is 102 cm³/mol. The molecule has 5 nitrogen and oxygen atoms in total. The van der Waals surface area contributed by atoms with Gasteiger partial charge in [-0.1, -0.05) is 40.9 Å². The van der Waals surface area contributed by atoms with E-state index in [0.717, 1.165) is 5.69 Å². The van der Waals surface area contributed by atoms with Gasteiger partial charge < -0.3 is 9.64 Å². The van der Waals surface area contributed by atoms with Gasteiger partial charge in [0.15, 0.2) is 0 Å². The van der Waals surface area contributed by atoms with E-state index in [-0.39, 0.29) is 14.9 Å². The fourth-order valence-corrected chi connectivity index (χ4v) is 4.56. The number of sulfonamides is 1. The molecule has 1 saturated heterocycles. The van der Waals surface area contributed by atoms with Crippen molar-refractivity contribution in [2.24, 2.45) is 0 Å². The molecule has 2 aromatic carbocycles. The maximum Gasteiger partial charge on any atom is 0.263 e. The SMILES string of the molecule is O=S(=O)(Nc1cc(Cl)ccc1N1CCOCC1)c1cccc(Cl)c1Cl. The summed E-state index contributed by atoms with van der Waals surface area (Å²) in [7, 11) is -3.93. The fraction of sp³-hybridized carbons (Fsp3) is 0.250. The van der Waals surface area contributed by atoms with E-state index in [1.807, 2.05) is 4.90 Å². The van der Waals surface area contributed by atoms with Crippen LogP contribution in [0.15, 0.2) is 41.3 Å². The first-order valence-corrected chi connectivity index (χ1v) is 10.1. The molecule has 1 aliphatic rings. The quantitative estimate of drug-likeness (QED) is 0.800. The Hall–Kier alpha value is -1.18. The second-order valence-corrected chi connectivity index (χ2v) is 8.29. The van der Waals surface area contributed by atoms with Gasteiger partial charge in [0.1, 0.15) is 4.90 Å². The lowest BCUT2D eigenvalue weighted by molar-refractivity contribution is 0.123. The molecule has 0 saturated carbocycles. The summed E-state index contributed by atoms with van der Waals surface area (Å²) in [5, 5.41) is 0.572. The smallest absolute Gasteiger partial charge is 0.263 e. The van der Waals surface area contributed by atoms with Crippen molar-refractivity contribution in [1.82, 2.24) is 0 Å². The van der Waals surface area contributed by atoms with Crippen molar-refractivity contribution in [3.63, 3.8) is 0 Å². The molecule has 1 fully saturated rings. The largest absolute Gasteiger partial charge is 0.378 e. The molecule has 0 atom stereocenters. The van der Waals surface area contributed by atoms with Crippen molar-refractivity contribution in [2.45, 2.75) is 4.90 Å². The van der Waals surface area contributed by atoms with Crippen LogP contribution in [0.3, 0.4) is 0 Å². The van der Waals surface area contributed by atoms with Crippen molar-refractivity contribution in [3.8, 4) is 0 Å². The van der Waals surface area contributed by atoms with Gasteiger partial charge in [-0.3, -0.25) is 4.72 Å². The van der Waals surface area contributed by atoms with Gasteiger partial charge >= 0.3 is 0 Å². The topological polar surface area (TPSA) is 58.6 Å². The molecule has 1 heterocycles. The summed E-state index contributed by atoms with van der Waals surface area (Å²) in [6.07, 6.45) is 0. The monoisotopic (exact) mass is 420 g/mol. The van der Waals surface area contributed by atoms with Gasteiger partial charge in [0.25, 0.3) is 10.0 Å². The van der Waals surface area contributed by atoms with Crippen molar-refractivity contribution in [1.29, 1.82) is 0 Å². The zero-order chi connectivity index (χ0) is 18.0. The third kappa shape index (κ3) is 4.15. The minimum Gasteiger partial charge on any atom is -0.378 e. The third-order valence-corrected chi connectivity index (χ3v) is 6.33. The number of nitrogens with one attached hydrogen (secondary N) is 1. The van der Waals surface area contributed by atoms with Crippen LogP contribution in [-0.2, 0) is 14.8 Å². The number of hydrogen-bond acceptors (Lipinski definition) is 4. The third-order valence-electron chi connectivity index (χ3n) is 3.76. The number of hydrogen-bond donors (Lipinski definition) is 1. The molecule has 0 unspecified atom stereocenters. The van der Waals surface area contributed by atoms with Crippen LogP contribution in [0, 0.1) is 0 Å². The zero-order valence-corrected chi connectivity index (χ0v) is 16.1. The van der Waals surface area contributed by atoms with Gasteiger partial charge in [-0.2, -0.15) is 0 Å². The first-order chi connectivity index (χ1) is 11.9. The minimum absolute atomic E-state index is 0.0217. The zero-order valence-electron chi connectivity index (χ0n) is 13.0. The van der Waals surface area contributed by atoms with E-state index in [9.17, 15) is 8.42 Å². The number of halogens is 3. The molecule has 0 aromatic heterocycles. The highest BCUT2D eigenvalue weighted by Crippen LogP contribution is 2.34. The Morgan fingerprint density at radius 2 is 1.76 bits per heavy atom. The highest BCUT2D eigenvalue weighted by atomic mass is 35.5. The Labute approximate surface area is 161 Å². The van der Waals surface area contributed by atoms with E-state index >= 15 is 0 Å². The number of morpholine rings is 1. The molecule has 1 aliphatic heterocycles. The lowest BCUT2D eigenvalue weighted by atomic mass is 10.2. The first kappa shape index (κ1) is 18.6. The molecule has 0 radical (unpaired) electrons. The van der Waals surface area contributed by atoms with E-state index in [0.29, 0.717) is 37.0 Å². The Kier molecular flexibility index (Phi) is 5.65. The second kappa shape index (κ2) is 7.60. The van der Waals surface area contributed by atoms with Crippen LogP contribution in [-0.4, -0.2) is 34.7 Å². The molecule has 9 heteroatoms. The normalized spacial score (nSPS) is 15.2. The average molecular weight is 422 g/mol. The van der Waals surface area contributed by atoms with Crippen LogP contribution in [0.4, 0.5) is 11.4 Å². The lowest BCUT2D eigenvalue weighted by Gasteiger charge is -2.30. The molecule has 25 heavy (non-hydrogen) atoms. The maximum absolute atomic E-state index is 12.8. The van der Waals surface area contributed by atoms with Crippen molar-refractivity contribution in [2.75, 3.05) is 35.9 Å². The summed E-state index contributed by atoms with van der Waals surface area (Å²) >= 11 is 18.1. The Morgan fingerprint density at radius 3 is 2.48 bits per heavy atom. The molecule has 0 bridgehead atoms. The van der Waals surface area contributed by atoms with Crippen LogP contribution in [0.2, 0.25) is 15.1 Å². The molecule has 134 valence electrons. The van der Waals surface area contributed by atoms with Crippen molar-refractivity contribution < 1.29 is 13.2 Å². The predicted octanol–water partition coefficient (Wildman–Crippen LogP) is 4.28. The second-order valence-electron chi connectivity index (χ2n) is 5.42. The Balaban J connectivity index is 1.99. The minimum atomic E-state index is -3.93. The van der Waals surface area contributed by atoms with Crippen LogP contribution in [0.25, 0.3) is 0 Å². The summed E-state index contributed by atoms with van der Waals surface area (Å²) in [6.45, 7) is 2.48. The highest BCUT2D eigenvalue weighted by molar-refractivity contribution is 7.92. The van der Waals surface area contributed by atoms with Gasteiger partial charge in [0.2, 0.25) is 0 Å². The number of ether oxygens (including phenoxy) is 1. The number of nitrogens with zero attached hydrogens (tertiary/aromatic N) is 1. The summed E-state index contributed by atoms with van der Waals surface area (Å²) in [5.74, 6) is 0.